The van der Waals surface area contributed by atoms with Gasteiger partial charge in [0.2, 0.25) is 5.91 Å². The molecule has 5 aromatic rings. The van der Waals surface area contributed by atoms with Crippen LogP contribution in [0.4, 0.5) is 13.2 Å². The molecule has 0 radical (unpaired) electrons. The number of hydrogen-bond donors (Lipinski definition) is 2. The third-order valence-corrected chi connectivity index (χ3v) is 9.39. The fourth-order valence-corrected chi connectivity index (χ4v) is 6.65. The number of hydrogen-bond acceptors (Lipinski definition) is 8. The van der Waals surface area contributed by atoms with Crippen molar-refractivity contribution in [2.24, 2.45) is 0 Å². The van der Waals surface area contributed by atoms with Gasteiger partial charge in [-0.05, 0) is 61.3 Å². The number of likely N-dealkylation sites (N-methyl/N-ethyl adjacent to an activating group) is 1. The number of carbonyl (C=O) groups is 1. The van der Waals surface area contributed by atoms with Gasteiger partial charge in [-0.25, -0.2) is 9.97 Å². The van der Waals surface area contributed by atoms with Crippen molar-refractivity contribution in [3.63, 3.8) is 0 Å². The topological polar surface area (TPSA) is 119 Å². The Balaban J connectivity index is 1.08. The van der Waals surface area contributed by atoms with Crippen LogP contribution in [0.1, 0.15) is 53.0 Å². The van der Waals surface area contributed by atoms with Crippen molar-refractivity contribution in [2.75, 3.05) is 39.8 Å². The smallest absolute Gasteiger partial charge is 0.416 e. The van der Waals surface area contributed by atoms with Crippen LogP contribution >= 0.6 is 0 Å². The quantitative estimate of drug-likeness (QED) is 0.216. The summed E-state index contributed by atoms with van der Waals surface area (Å²) in [5.74, 6) is 2.03. The summed E-state index contributed by atoms with van der Waals surface area (Å²) >= 11 is 0. The summed E-state index contributed by atoms with van der Waals surface area (Å²) in [5.41, 5.74) is 2.96. The second-order valence-electron chi connectivity index (χ2n) is 12.9. The molecule has 7 rings (SSSR count). The molecule has 49 heavy (non-hydrogen) atoms. The van der Waals surface area contributed by atoms with Gasteiger partial charge in [-0.3, -0.25) is 19.8 Å². The molecule has 0 bridgehead atoms. The van der Waals surface area contributed by atoms with Gasteiger partial charge in [0.05, 0.1) is 35.0 Å². The van der Waals surface area contributed by atoms with Crippen molar-refractivity contribution in [3.8, 4) is 23.0 Å². The zero-order valence-corrected chi connectivity index (χ0v) is 27.6. The van der Waals surface area contributed by atoms with Gasteiger partial charge in [-0.1, -0.05) is 19.1 Å². The van der Waals surface area contributed by atoms with Gasteiger partial charge >= 0.3 is 6.18 Å². The molecule has 0 spiro atoms. The summed E-state index contributed by atoms with van der Waals surface area (Å²) in [7, 11) is 2.01. The SMILES string of the molecule is CC[C@H]1CN(C(=O)Cc2ccc(CN3CCN(C)CC3)c(C(F)(F)F)c2)Cc2cc(Oc3ccnc4[nH]c(-c5n[nH]c(C)n5)cc34)cnc21. The molecule has 14 heteroatoms. The lowest BCUT2D eigenvalue weighted by molar-refractivity contribution is -0.138. The number of pyridine rings is 2. The average molecular weight is 674 g/mol. The molecule has 1 aromatic carbocycles. The van der Waals surface area contributed by atoms with Crippen molar-refractivity contribution in [1.82, 2.24) is 44.8 Å². The number of rotatable bonds is 8. The summed E-state index contributed by atoms with van der Waals surface area (Å²) in [5, 5.41) is 7.80. The Morgan fingerprint density at radius 3 is 2.63 bits per heavy atom. The highest BCUT2D eigenvalue weighted by molar-refractivity contribution is 5.87. The number of nitrogens with zero attached hydrogens (tertiary/aromatic N) is 7. The van der Waals surface area contributed by atoms with Crippen LogP contribution in [0.2, 0.25) is 0 Å². The zero-order valence-electron chi connectivity index (χ0n) is 27.6. The molecule has 1 atom stereocenters. The number of aromatic amines is 2. The number of aromatic nitrogens is 6. The minimum Gasteiger partial charge on any atom is -0.455 e. The molecule has 1 amide bonds. The molecule has 0 aliphatic carbocycles. The van der Waals surface area contributed by atoms with Crippen molar-refractivity contribution in [3.05, 3.63) is 82.6 Å². The number of halogens is 3. The Bertz CT molecular complexity index is 1980. The minimum atomic E-state index is -4.52. The van der Waals surface area contributed by atoms with Gasteiger partial charge in [0.15, 0.2) is 5.82 Å². The molecular weight excluding hydrogens is 635 g/mol. The first-order chi connectivity index (χ1) is 23.5. The number of amides is 1. The van der Waals surface area contributed by atoms with Gasteiger partial charge in [0, 0.05) is 57.9 Å². The number of ether oxygens (including phenoxy) is 1. The molecule has 2 N–H and O–H groups in total. The van der Waals surface area contributed by atoms with Crippen molar-refractivity contribution in [1.29, 1.82) is 0 Å². The lowest BCUT2D eigenvalue weighted by Gasteiger charge is -2.34. The Hall–Kier alpha value is -4.82. The predicted molar refractivity (Wildman–Crippen MR) is 177 cm³/mol. The Morgan fingerprint density at radius 2 is 1.90 bits per heavy atom. The molecule has 11 nitrogen and oxygen atoms in total. The van der Waals surface area contributed by atoms with Gasteiger partial charge in [0.25, 0.3) is 0 Å². The Kier molecular flexibility index (Phi) is 8.84. The molecule has 1 fully saturated rings. The first kappa shape index (κ1) is 32.7. The molecule has 2 aliphatic rings. The number of benzene rings is 1. The zero-order chi connectivity index (χ0) is 34.3. The monoisotopic (exact) mass is 673 g/mol. The van der Waals surface area contributed by atoms with Crippen LogP contribution in [-0.4, -0.2) is 90.5 Å². The second kappa shape index (κ2) is 13.2. The predicted octanol–water partition coefficient (Wildman–Crippen LogP) is 5.69. The highest BCUT2D eigenvalue weighted by Gasteiger charge is 2.35. The normalized spacial score (nSPS) is 17.4. The highest BCUT2D eigenvalue weighted by atomic mass is 19.4. The fraction of sp³-hybridized carbons (Fsp3) is 0.400. The number of alkyl halides is 3. The van der Waals surface area contributed by atoms with Crippen LogP contribution in [0.15, 0.2) is 48.8 Å². The molecule has 6 heterocycles. The van der Waals surface area contributed by atoms with Gasteiger partial charge in [0.1, 0.15) is 23.0 Å². The fourth-order valence-electron chi connectivity index (χ4n) is 6.65. The van der Waals surface area contributed by atoms with E-state index in [9.17, 15) is 18.0 Å². The number of carbonyl (C=O) groups excluding carboxylic acids is 1. The number of nitrogens with one attached hydrogen (secondary N) is 2. The maximum atomic E-state index is 14.2. The molecule has 4 aromatic heterocycles. The van der Waals surface area contributed by atoms with Crippen LogP contribution in [0.5, 0.6) is 11.5 Å². The van der Waals surface area contributed by atoms with E-state index < -0.39 is 11.7 Å². The number of fused-ring (bicyclic) bond motifs is 2. The molecule has 1 saturated heterocycles. The first-order valence-electron chi connectivity index (χ1n) is 16.5. The van der Waals surface area contributed by atoms with E-state index in [-0.39, 0.29) is 36.9 Å². The van der Waals surface area contributed by atoms with E-state index in [0.29, 0.717) is 59.7 Å². The maximum absolute atomic E-state index is 14.2. The van der Waals surface area contributed by atoms with Crippen molar-refractivity contribution >= 4 is 16.9 Å². The maximum Gasteiger partial charge on any atom is 0.416 e. The van der Waals surface area contributed by atoms with E-state index in [1.165, 1.54) is 6.07 Å². The van der Waals surface area contributed by atoms with E-state index in [2.05, 4.69) is 30.0 Å². The summed E-state index contributed by atoms with van der Waals surface area (Å²) in [6, 6.07) is 9.87. The van der Waals surface area contributed by atoms with E-state index in [1.807, 2.05) is 37.9 Å². The van der Waals surface area contributed by atoms with Crippen LogP contribution in [0, 0.1) is 6.92 Å². The summed E-state index contributed by atoms with van der Waals surface area (Å²) in [6.45, 7) is 7.89. The van der Waals surface area contributed by atoms with E-state index >= 15 is 0 Å². The van der Waals surface area contributed by atoms with Gasteiger partial charge < -0.3 is 19.5 Å². The second-order valence-corrected chi connectivity index (χ2v) is 12.9. The number of piperazine rings is 1. The Morgan fingerprint density at radius 1 is 1.08 bits per heavy atom. The third kappa shape index (κ3) is 7.01. The third-order valence-electron chi connectivity index (χ3n) is 9.39. The first-order valence-corrected chi connectivity index (χ1v) is 16.5. The molecule has 2 aliphatic heterocycles. The average Bonchev–Trinajstić information content (AvgIpc) is 3.72. The number of aryl methyl sites for hydroxylation is 1. The number of H-pyrrole nitrogens is 2. The Labute approximate surface area is 281 Å². The standard InChI is InChI=1S/C35H38F3N9O2/c1-4-23-19-47(31(48)14-22-5-6-24(28(13-22)35(36,37)38)18-46-11-9-45(3)10-12-46)20-25-15-26(17-40-32(23)25)49-30-7-8-39-33-27(30)16-29(42-33)34-41-21(2)43-44-34/h5-8,13,15-17,23H,4,9-12,14,18-20H2,1-3H3,(H,39,42)(H,41,43,44)/t23-/m0/s1. The van der Waals surface area contributed by atoms with Crippen LogP contribution in [-0.2, 0) is 30.5 Å². The summed E-state index contributed by atoms with van der Waals surface area (Å²) < 4.78 is 48.9. The highest BCUT2D eigenvalue weighted by Crippen LogP contribution is 2.36. The lowest BCUT2D eigenvalue weighted by atomic mass is 9.92. The van der Waals surface area contributed by atoms with E-state index in [1.54, 1.807) is 29.4 Å². The lowest BCUT2D eigenvalue weighted by Crippen LogP contribution is -2.44. The summed E-state index contributed by atoms with van der Waals surface area (Å²) in [6.07, 6.45) is -0.565. The minimum absolute atomic E-state index is 0.0110. The van der Waals surface area contributed by atoms with Crippen LogP contribution in [0.3, 0.4) is 0 Å². The van der Waals surface area contributed by atoms with Crippen LogP contribution in [0.25, 0.3) is 22.6 Å². The largest absolute Gasteiger partial charge is 0.455 e. The van der Waals surface area contributed by atoms with E-state index in [0.717, 1.165) is 42.2 Å². The molecular formula is C35H38F3N9O2. The van der Waals surface area contributed by atoms with Crippen molar-refractivity contribution < 1.29 is 22.7 Å². The van der Waals surface area contributed by atoms with Gasteiger partial charge in [-0.15, -0.1) is 0 Å². The summed E-state index contributed by atoms with van der Waals surface area (Å²) in [4.78, 5) is 36.3. The molecule has 0 unspecified atom stereocenters. The molecule has 256 valence electrons. The van der Waals surface area contributed by atoms with Gasteiger partial charge in [-0.2, -0.15) is 18.3 Å². The van der Waals surface area contributed by atoms with Crippen LogP contribution < -0.4 is 4.74 Å². The molecule has 0 saturated carbocycles. The van der Waals surface area contributed by atoms with Crippen molar-refractivity contribution in [2.45, 2.75) is 51.9 Å². The van der Waals surface area contributed by atoms with E-state index in [4.69, 9.17) is 9.72 Å².